The quantitative estimate of drug-likeness (QED) is 0.542. The lowest BCUT2D eigenvalue weighted by Crippen LogP contribution is -2.53. The molecule has 0 spiro atoms. The van der Waals surface area contributed by atoms with Crippen molar-refractivity contribution in [2.45, 2.75) is 18.6 Å². The highest BCUT2D eigenvalue weighted by Crippen LogP contribution is 2.18. The van der Waals surface area contributed by atoms with Crippen molar-refractivity contribution in [1.29, 1.82) is 0 Å². The lowest BCUT2D eigenvalue weighted by molar-refractivity contribution is -0.158. The molecule has 0 bridgehead atoms. The van der Waals surface area contributed by atoms with E-state index < -0.39 is 24.0 Å². The second-order valence-electron chi connectivity index (χ2n) is 4.95. The van der Waals surface area contributed by atoms with Gasteiger partial charge in [-0.3, -0.25) is 4.79 Å². The molecule has 1 aliphatic heterocycles. The maximum absolute atomic E-state index is 12.1. The molecule has 0 radical (unpaired) electrons. The predicted molar refractivity (Wildman–Crippen MR) is 70.5 cm³/mol. The van der Waals surface area contributed by atoms with E-state index >= 15 is 0 Å². The van der Waals surface area contributed by atoms with Crippen LogP contribution in [0.2, 0.25) is 0 Å². The molecule has 0 aromatic rings. The number of nitrogens with one attached hydrogen (secondary N) is 1. The summed E-state index contributed by atoms with van der Waals surface area (Å²) in [6, 6.07) is -0.647. The Hall–Kier alpha value is -2.09. The Bertz CT molecular complexity index is 464. The molecule has 1 saturated heterocycles. The van der Waals surface area contributed by atoms with Crippen molar-refractivity contribution in [3.63, 3.8) is 0 Å². The Morgan fingerprint density at radius 3 is 2.76 bits per heavy atom. The molecule has 21 heavy (non-hydrogen) atoms. The summed E-state index contributed by atoms with van der Waals surface area (Å²) in [5.74, 6) is -1.98. The summed E-state index contributed by atoms with van der Waals surface area (Å²) in [4.78, 5) is 35.8. The number of carbonyl (C=O) groups excluding carboxylic acids is 2. The lowest BCUT2D eigenvalue weighted by Gasteiger charge is -2.32. The molecule has 2 rings (SSSR count). The minimum absolute atomic E-state index is 0.122. The van der Waals surface area contributed by atoms with E-state index in [0.29, 0.717) is 13.0 Å². The summed E-state index contributed by atoms with van der Waals surface area (Å²) in [6.45, 7) is 0.751. The first-order valence-electron chi connectivity index (χ1n) is 6.67. The molecule has 3 atom stereocenters. The van der Waals surface area contributed by atoms with E-state index in [1.165, 1.54) is 12.0 Å². The van der Waals surface area contributed by atoms with Gasteiger partial charge < -0.3 is 24.8 Å². The number of hydrogen-bond acceptors (Lipinski definition) is 5. The number of aliphatic carboxylic acids is 1. The average molecular weight is 298 g/mol. The summed E-state index contributed by atoms with van der Waals surface area (Å²) in [7, 11) is 1.26. The Morgan fingerprint density at radius 1 is 1.38 bits per heavy atom. The zero-order valence-electron chi connectivity index (χ0n) is 11.7. The molecule has 0 aromatic carbocycles. The molecule has 2 amide bonds. The Balaban J connectivity index is 1.85. The van der Waals surface area contributed by atoms with Gasteiger partial charge in [-0.1, -0.05) is 12.2 Å². The van der Waals surface area contributed by atoms with Crippen molar-refractivity contribution in [1.82, 2.24) is 10.2 Å². The van der Waals surface area contributed by atoms with Crippen LogP contribution in [0.3, 0.4) is 0 Å². The number of morpholine rings is 1. The minimum atomic E-state index is -0.903. The van der Waals surface area contributed by atoms with Crippen LogP contribution >= 0.6 is 0 Å². The van der Waals surface area contributed by atoms with E-state index in [0.717, 1.165) is 0 Å². The number of hydrogen-bond donors (Lipinski definition) is 2. The maximum atomic E-state index is 12.1. The zero-order chi connectivity index (χ0) is 15.4. The van der Waals surface area contributed by atoms with Crippen LogP contribution < -0.4 is 5.32 Å². The van der Waals surface area contributed by atoms with Gasteiger partial charge in [0.25, 0.3) is 0 Å². The van der Waals surface area contributed by atoms with Crippen LogP contribution in [0.1, 0.15) is 6.42 Å². The van der Waals surface area contributed by atoms with Gasteiger partial charge in [0, 0.05) is 6.54 Å². The van der Waals surface area contributed by atoms with Gasteiger partial charge in [0.2, 0.25) is 0 Å². The fraction of sp³-hybridized carbons (Fsp3) is 0.615. The standard InChI is InChI=1S/C13H18N2O6/c1-20-12(18)10-7-15(4-5-21-10)13(19)14-9-3-2-8(6-9)11(16)17/h2-3,8-10H,4-7H2,1H3,(H,14,19)(H,16,17). The van der Waals surface area contributed by atoms with Crippen LogP contribution in [0.5, 0.6) is 0 Å². The van der Waals surface area contributed by atoms with Crippen molar-refractivity contribution in [3.8, 4) is 0 Å². The number of nitrogens with zero attached hydrogens (tertiary/aromatic N) is 1. The molecule has 1 fully saturated rings. The molecule has 3 unspecified atom stereocenters. The molecule has 8 nitrogen and oxygen atoms in total. The molecule has 116 valence electrons. The van der Waals surface area contributed by atoms with Gasteiger partial charge in [0.05, 0.1) is 32.2 Å². The van der Waals surface area contributed by atoms with Gasteiger partial charge in [-0.2, -0.15) is 0 Å². The fourth-order valence-electron chi connectivity index (χ4n) is 2.35. The van der Waals surface area contributed by atoms with E-state index in [2.05, 4.69) is 10.1 Å². The van der Waals surface area contributed by atoms with Gasteiger partial charge in [-0.25, -0.2) is 9.59 Å². The van der Waals surface area contributed by atoms with Crippen molar-refractivity contribution in [3.05, 3.63) is 12.2 Å². The number of amides is 2. The number of rotatable bonds is 3. The smallest absolute Gasteiger partial charge is 0.336 e. The van der Waals surface area contributed by atoms with Crippen LogP contribution in [0.4, 0.5) is 4.79 Å². The maximum Gasteiger partial charge on any atom is 0.336 e. The van der Waals surface area contributed by atoms with Crippen LogP contribution in [0.25, 0.3) is 0 Å². The molecular weight excluding hydrogens is 280 g/mol. The van der Waals surface area contributed by atoms with Crippen LogP contribution in [0.15, 0.2) is 12.2 Å². The number of carboxylic acids is 1. The number of urea groups is 1. The fourth-order valence-corrected chi connectivity index (χ4v) is 2.35. The number of methoxy groups -OCH3 is 1. The number of carboxylic acid groups (broad SMARTS) is 1. The average Bonchev–Trinajstić information content (AvgIpc) is 2.95. The largest absolute Gasteiger partial charge is 0.481 e. The van der Waals surface area contributed by atoms with Crippen molar-refractivity contribution < 1.29 is 29.0 Å². The minimum Gasteiger partial charge on any atom is -0.481 e. The highest BCUT2D eigenvalue weighted by molar-refractivity contribution is 5.79. The van der Waals surface area contributed by atoms with E-state index in [1.54, 1.807) is 12.2 Å². The number of ether oxygens (including phenoxy) is 2. The first kappa shape index (κ1) is 15.3. The van der Waals surface area contributed by atoms with Crippen LogP contribution in [-0.4, -0.2) is 66.9 Å². The molecular formula is C13H18N2O6. The van der Waals surface area contributed by atoms with Gasteiger partial charge in [0.1, 0.15) is 0 Å². The first-order valence-corrected chi connectivity index (χ1v) is 6.67. The lowest BCUT2D eigenvalue weighted by atomic mass is 10.1. The Kier molecular flexibility index (Phi) is 4.79. The summed E-state index contributed by atoms with van der Waals surface area (Å²) in [6.07, 6.45) is 2.81. The molecule has 1 aliphatic carbocycles. The van der Waals surface area contributed by atoms with Gasteiger partial charge in [0.15, 0.2) is 6.10 Å². The van der Waals surface area contributed by atoms with E-state index in [9.17, 15) is 14.4 Å². The van der Waals surface area contributed by atoms with Crippen molar-refractivity contribution in [2.24, 2.45) is 5.92 Å². The molecule has 1 heterocycles. The highest BCUT2D eigenvalue weighted by Gasteiger charge is 2.32. The Morgan fingerprint density at radius 2 is 2.14 bits per heavy atom. The highest BCUT2D eigenvalue weighted by atomic mass is 16.6. The van der Waals surface area contributed by atoms with E-state index in [1.807, 2.05) is 0 Å². The van der Waals surface area contributed by atoms with Crippen LogP contribution in [-0.2, 0) is 19.1 Å². The molecule has 2 N–H and O–H groups in total. The number of esters is 1. The Labute approximate surface area is 121 Å². The molecule has 2 aliphatic rings. The van der Waals surface area contributed by atoms with Crippen molar-refractivity contribution in [2.75, 3.05) is 26.8 Å². The third kappa shape index (κ3) is 3.72. The van der Waals surface area contributed by atoms with Crippen molar-refractivity contribution >= 4 is 18.0 Å². The molecule has 0 saturated carbocycles. The summed E-state index contributed by atoms with van der Waals surface area (Å²) >= 11 is 0. The monoisotopic (exact) mass is 298 g/mol. The summed E-state index contributed by atoms with van der Waals surface area (Å²) in [5, 5.41) is 11.6. The predicted octanol–water partition coefficient (Wildman–Crippen LogP) is -0.401. The van der Waals surface area contributed by atoms with Crippen LogP contribution in [0, 0.1) is 5.92 Å². The van der Waals surface area contributed by atoms with E-state index in [-0.39, 0.29) is 25.2 Å². The molecule has 0 aromatic heterocycles. The van der Waals surface area contributed by atoms with E-state index in [4.69, 9.17) is 9.84 Å². The second kappa shape index (κ2) is 6.57. The third-order valence-electron chi connectivity index (χ3n) is 3.53. The second-order valence-corrected chi connectivity index (χ2v) is 4.95. The summed E-state index contributed by atoms with van der Waals surface area (Å²) < 4.78 is 9.83. The third-order valence-corrected chi connectivity index (χ3v) is 3.53. The first-order chi connectivity index (χ1) is 10.0. The molecule has 8 heteroatoms. The van der Waals surface area contributed by atoms with Gasteiger partial charge in [-0.15, -0.1) is 0 Å². The van der Waals surface area contributed by atoms with Gasteiger partial charge >= 0.3 is 18.0 Å². The zero-order valence-corrected chi connectivity index (χ0v) is 11.7. The normalized spacial score (nSPS) is 28.2. The number of carbonyl (C=O) groups is 3. The SMILES string of the molecule is COC(=O)C1CN(C(=O)NC2C=CC(C(=O)O)C2)CCO1. The van der Waals surface area contributed by atoms with Gasteiger partial charge in [-0.05, 0) is 6.42 Å². The summed E-state index contributed by atoms with van der Waals surface area (Å²) in [5.41, 5.74) is 0. The topological polar surface area (TPSA) is 105 Å².